The zero-order chi connectivity index (χ0) is 16.9. The number of nitrogens with zero attached hydrogens (tertiary/aromatic N) is 1. The predicted octanol–water partition coefficient (Wildman–Crippen LogP) is 4.06. The van der Waals surface area contributed by atoms with Gasteiger partial charge < -0.3 is 10.1 Å². The topological polar surface area (TPSA) is 64.4 Å². The molecule has 0 spiro atoms. The van der Waals surface area contributed by atoms with E-state index in [1.54, 1.807) is 12.1 Å². The van der Waals surface area contributed by atoms with Crippen LogP contribution in [0, 0.1) is 10.1 Å². The number of rotatable bonds is 6. The maximum Gasteiger partial charge on any atom is 0.311 e. The van der Waals surface area contributed by atoms with Crippen LogP contribution in [0.15, 0.2) is 48.5 Å². The summed E-state index contributed by atoms with van der Waals surface area (Å²) in [5.41, 5.74) is 1.78. The second kappa shape index (κ2) is 7.24. The van der Waals surface area contributed by atoms with Gasteiger partial charge in [0.15, 0.2) is 5.75 Å². The molecule has 5 nitrogen and oxygen atoms in total. The summed E-state index contributed by atoms with van der Waals surface area (Å²) in [5, 5.41) is 14.6. The third-order valence-corrected chi connectivity index (χ3v) is 3.28. The maximum atomic E-state index is 11.3. The van der Waals surface area contributed by atoms with E-state index in [2.05, 4.69) is 26.1 Å². The van der Waals surface area contributed by atoms with Gasteiger partial charge in [-0.15, -0.1) is 0 Å². The molecule has 2 rings (SSSR count). The van der Waals surface area contributed by atoms with Gasteiger partial charge in [0, 0.05) is 18.2 Å². The first-order valence-electron chi connectivity index (χ1n) is 7.54. The highest BCUT2D eigenvalue weighted by atomic mass is 16.6. The number of hydrogen-bond donors (Lipinski definition) is 1. The molecular formula is C18H22N2O3. The standard InChI is InChI=1S/C18H22N2O3/c1-18(2,3)19-12-15-9-10-17(16(11-15)20(21)22)23-13-14-7-5-4-6-8-14/h4-11,19H,12-13H2,1-3H3. The minimum Gasteiger partial charge on any atom is -0.482 e. The van der Waals surface area contributed by atoms with E-state index in [9.17, 15) is 10.1 Å². The van der Waals surface area contributed by atoms with Gasteiger partial charge in [-0.05, 0) is 38.0 Å². The largest absolute Gasteiger partial charge is 0.482 e. The second-order valence-electron chi connectivity index (χ2n) is 6.44. The molecule has 0 aliphatic rings. The van der Waals surface area contributed by atoms with Crippen LogP contribution >= 0.6 is 0 Å². The Morgan fingerprint density at radius 1 is 1.09 bits per heavy atom. The van der Waals surface area contributed by atoms with E-state index in [4.69, 9.17) is 4.74 Å². The molecule has 0 fully saturated rings. The smallest absolute Gasteiger partial charge is 0.311 e. The van der Waals surface area contributed by atoms with Crippen LogP contribution in [0.3, 0.4) is 0 Å². The van der Waals surface area contributed by atoms with Crippen molar-refractivity contribution in [3.8, 4) is 5.75 Å². The lowest BCUT2D eigenvalue weighted by atomic mass is 10.1. The average Bonchev–Trinajstić information content (AvgIpc) is 2.51. The number of nitro benzene ring substituents is 1. The Morgan fingerprint density at radius 3 is 2.39 bits per heavy atom. The van der Waals surface area contributed by atoms with Crippen molar-refractivity contribution in [3.05, 3.63) is 69.8 Å². The fraction of sp³-hybridized carbons (Fsp3) is 0.333. The number of ether oxygens (including phenoxy) is 1. The summed E-state index contributed by atoms with van der Waals surface area (Å²) < 4.78 is 5.62. The quantitative estimate of drug-likeness (QED) is 0.645. The van der Waals surface area contributed by atoms with Crippen molar-refractivity contribution in [1.82, 2.24) is 5.32 Å². The van der Waals surface area contributed by atoms with Crippen LogP contribution in [0.4, 0.5) is 5.69 Å². The third kappa shape index (κ3) is 5.38. The van der Waals surface area contributed by atoms with Crippen molar-refractivity contribution in [2.45, 2.75) is 39.5 Å². The number of nitro groups is 1. The predicted molar refractivity (Wildman–Crippen MR) is 90.5 cm³/mol. The van der Waals surface area contributed by atoms with Gasteiger partial charge in [0.05, 0.1) is 4.92 Å². The molecule has 122 valence electrons. The summed E-state index contributed by atoms with van der Waals surface area (Å²) in [6.45, 7) is 7.04. The molecule has 0 aromatic heterocycles. The van der Waals surface area contributed by atoms with Gasteiger partial charge in [-0.1, -0.05) is 36.4 Å². The zero-order valence-electron chi connectivity index (χ0n) is 13.7. The van der Waals surface area contributed by atoms with E-state index in [0.717, 1.165) is 11.1 Å². The molecule has 2 aromatic rings. The monoisotopic (exact) mass is 314 g/mol. The maximum absolute atomic E-state index is 11.3. The van der Waals surface area contributed by atoms with Crippen LogP contribution in [0.5, 0.6) is 5.75 Å². The molecule has 0 unspecified atom stereocenters. The highest BCUT2D eigenvalue weighted by molar-refractivity contribution is 5.48. The van der Waals surface area contributed by atoms with Crippen LogP contribution in [0.25, 0.3) is 0 Å². The van der Waals surface area contributed by atoms with Crippen LogP contribution < -0.4 is 10.1 Å². The lowest BCUT2D eigenvalue weighted by molar-refractivity contribution is -0.386. The van der Waals surface area contributed by atoms with Gasteiger partial charge in [0.25, 0.3) is 0 Å². The Kier molecular flexibility index (Phi) is 5.34. The summed E-state index contributed by atoms with van der Waals surface area (Å²) in [6.07, 6.45) is 0. The highest BCUT2D eigenvalue weighted by Crippen LogP contribution is 2.29. The van der Waals surface area contributed by atoms with Gasteiger partial charge >= 0.3 is 5.69 Å². The normalized spacial score (nSPS) is 11.3. The molecule has 0 aliphatic carbocycles. The van der Waals surface area contributed by atoms with Gasteiger partial charge in [-0.3, -0.25) is 10.1 Å². The molecule has 0 atom stereocenters. The zero-order valence-corrected chi connectivity index (χ0v) is 13.7. The minimum atomic E-state index is -0.402. The van der Waals surface area contributed by atoms with E-state index < -0.39 is 4.92 Å². The van der Waals surface area contributed by atoms with Crippen molar-refractivity contribution in [2.24, 2.45) is 0 Å². The minimum absolute atomic E-state index is 0.00543. The number of hydrogen-bond acceptors (Lipinski definition) is 4. The molecule has 0 heterocycles. The molecule has 23 heavy (non-hydrogen) atoms. The first-order chi connectivity index (χ1) is 10.8. The lowest BCUT2D eigenvalue weighted by Crippen LogP contribution is -2.35. The summed E-state index contributed by atoms with van der Waals surface area (Å²) in [5.74, 6) is 0.290. The Morgan fingerprint density at radius 2 is 1.78 bits per heavy atom. The first kappa shape index (κ1) is 17.0. The number of nitrogens with one attached hydrogen (secondary N) is 1. The third-order valence-electron chi connectivity index (χ3n) is 3.28. The molecule has 0 bridgehead atoms. The Labute approximate surface area is 136 Å². The summed E-state index contributed by atoms with van der Waals surface area (Å²) in [7, 11) is 0. The second-order valence-corrected chi connectivity index (χ2v) is 6.44. The molecule has 2 aromatic carbocycles. The van der Waals surface area contributed by atoms with Crippen LogP contribution in [-0.4, -0.2) is 10.5 Å². The summed E-state index contributed by atoms with van der Waals surface area (Å²) >= 11 is 0. The molecule has 5 heteroatoms. The Balaban J connectivity index is 2.11. The van der Waals surface area contributed by atoms with E-state index >= 15 is 0 Å². The van der Waals surface area contributed by atoms with Gasteiger partial charge in [-0.25, -0.2) is 0 Å². The van der Waals surface area contributed by atoms with Gasteiger partial charge in [0.1, 0.15) is 6.61 Å². The van der Waals surface area contributed by atoms with Crippen molar-refractivity contribution >= 4 is 5.69 Å². The van der Waals surface area contributed by atoms with Gasteiger partial charge in [-0.2, -0.15) is 0 Å². The van der Waals surface area contributed by atoms with Crippen molar-refractivity contribution in [1.29, 1.82) is 0 Å². The van der Waals surface area contributed by atoms with E-state index in [1.807, 2.05) is 36.4 Å². The molecule has 0 saturated carbocycles. The molecule has 0 amide bonds. The molecule has 0 saturated heterocycles. The van der Waals surface area contributed by atoms with Crippen molar-refractivity contribution in [2.75, 3.05) is 0 Å². The first-order valence-corrected chi connectivity index (χ1v) is 7.54. The summed E-state index contributed by atoms with van der Waals surface area (Å²) in [4.78, 5) is 10.9. The summed E-state index contributed by atoms with van der Waals surface area (Å²) in [6, 6.07) is 14.7. The van der Waals surface area contributed by atoms with Crippen molar-refractivity contribution in [3.63, 3.8) is 0 Å². The molecule has 1 N–H and O–H groups in total. The highest BCUT2D eigenvalue weighted by Gasteiger charge is 2.17. The Hall–Kier alpha value is -2.40. The average molecular weight is 314 g/mol. The molecule has 0 radical (unpaired) electrons. The van der Waals surface area contributed by atoms with Crippen LogP contribution in [0.2, 0.25) is 0 Å². The molecule has 0 aliphatic heterocycles. The Bertz CT molecular complexity index is 664. The lowest BCUT2D eigenvalue weighted by Gasteiger charge is -2.20. The SMILES string of the molecule is CC(C)(C)NCc1ccc(OCc2ccccc2)c([N+](=O)[O-])c1. The fourth-order valence-corrected chi connectivity index (χ4v) is 2.04. The van der Waals surface area contributed by atoms with Gasteiger partial charge in [0.2, 0.25) is 0 Å². The van der Waals surface area contributed by atoms with Crippen LogP contribution in [0.1, 0.15) is 31.9 Å². The fourth-order valence-electron chi connectivity index (χ4n) is 2.04. The number of benzene rings is 2. The van der Waals surface area contributed by atoms with Crippen molar-refractivity contribution < 1.29 is 9.66 Å². The van der Waals surface area contributed by atoms with E-state index in [0.29, 0.717) is 18.9 Å². The van der Waals surface area contributed by atoms with Crippen LogP contribution in [-0.2, 0) is 13.2 Å². The van der Waals surface area contributed by atoms with E-state index in [-0.39, 0.29) is 11.2 Å². The molecular weight excluding hydrogens is 292 g/mol. The van der Waals surface area contributed by atoms with E-state index in [1.165, 1.54) is 0 Å².